The zero-order valence-corrected chi connectivity index (χ0v) is 23.1. The average Bonchev–Trinajstić information content (AvgIpc) is 3.49. The van der Waals surface area contributed by atoms with Gasteiger partial charge in [-0.1, -0.05) is 60.7 Å². The van der Waals surface area contributed by atoms with Crippen LogP contribution in [0.3, 0.4) is 0 Å². The fourth-order valence-corrected chi connectivity index (χ4v) is 5.99. The lowest BCUT2D eigenvalue weighted by Crippen LogP contribution is -2.49. The molecule has 0 saturated carbocycles. The predicted octanol–water partition coefficient (Wildman–Crippen LogP) is 7.45. The van der Waals surface area contributed by atoms with E-state index in [1.807, 2.05) is 60.7 Å². The van der Waals surface area contributed by atoms with Gasteiger partial charge in [0, 0.05) is 30.5 Å². The summed E-state index contributed by atoms with van der Waals surface area (Å²) in [5.74, 6) is -0.478. The quantitative estimate of drug-likeness (QED) is 0.210. The van der Waals surface area contributed by atoms with Crippen molar-refractivity contribution in [2.45, 2.75) is 31.2 Å². The van der Waals surface area contributed by atoms with Crippen LogP contribution in [0.15, 0.2) is 97.1 Å². The zero-order valence-electron chi connectivity index (χ0n) is 23.1. The molecular formula is C34H29F4NO4. The Morgan fingerprint density at radius 2 is 1.56 bits per heavy atom. The number of alkyl halides is 3. The summed E-state index contributed by atoms with van der Waals surface area (Å²) in [5.41, 5.74) is 1.56. The Bertz CT molecular complexity index is 1540. The number of hydrogen-bond acceptors (Lipinski definition) is 4. The van der Waals surface area contributed by atoms with Gasteiger partial charge in [0.25, 0.3) is 5.91 Å². The van der Waals surface area contributed by atoms with Gasteiger partial charge in [0.15, 0.2) is 11.5 Å². The van der Waals surface area contributed by atoms with Gasteiger partial charge in [0.05, 0.1) is 18.3 Å². The molecule has 1 amide bonds. The van der Waals surface area contributed by atoms with Crippen molar-refractivity contribution >= 4 is 5.91 Å². The van der Waals surface area contributed by atoms with Gasteiger partial charge >= 0.3 is 6.18 Å². The van der Waals surface area contributed by atoms with Crippen molar-refractivity contribution in [2.24, 2.45) is 5.92 Å². The molecule has 222 valence electrons. The van der Waals surface area contributed by atoms with E-state index in [0.717, 1.165) is 23.3 Å². The molecule has 0 bridgehead atoms. The van der Waals surface area contributed by atoms with Crippen LogP contribution in [0, 0.1) is 11.7 Å². The van der Waals surface area contributed by atoms with Gasteiger partial charge in [0.2, 0.25) is 6.79 Å². The fourth-order valence-electron chi connectivity index (χ4n) is 5.99. The third kappa shape index (κ3) is 6.37. The number of amides is 1. The number of halogens is 4. The van der Waals surface area contributed by atoms with Crippen molar-refractivity contribution in [2.75, 3.05) is 19.9 Å². The molecule has 4 aromatic carbocycles. The molecule has 1 saturated heterocycles. The molecule has 0 spiro atoms. The summed E-state index contributed by atoms with van der Waals surface area (Å²) in [5, 5.41) is 0. The van der Waals surface area contributed by atoms with Gasteiger partial charge in [-0.2, -0.15) is 13.2 Å². The summed E-state index contributed by atoms with van der Waals surface area (Å²) in [6.45, 7) is 0.614. The number of carbonyl (C=O) groups excluding carboxylic acids is 1. The Morgan fingerprint density at radius 1 is 0.884 bits per heavy atom. The van der Waals surface area contributed by atoms with Crippen LogP contribution in [0.4, 0.5) is 17.6 Å². The van der Waals surface area contributed by atoms with Crippen molar-refractivity contribution in [1.29, 1.82) is 0 Å². The van der Waals surface area contributed by atoms with E-state index >= 15 is 0 Å². The van der Waals surface area contributed by atoms with E-state index in [4.69, 9.17) is 14.2 Å². The molecule has 2 aliphatic rings. The Kier molecular flexibility index (Phi) is 8.08. The Labute approximate surface area is 246 Å². The molecule has 2 heterocycles. The topological polar surface area (TPSA) is 48.0 Å². The summed E-state index contributed by atoms with van der Waals surface area (Å²) >= 11 is 0. The first-order chi connectivity index (χ1) is 20.8. The highest BCUT2D eigenvalue weighted by Crippen LogP contribution is 2.40. The number of benzene rings is 4. The number of ether oxygens (including phenoxy) is 3. The van der Waals surface area contributed by atoms with Gasteiger partial charge in [0.1, 0.15) is 5.82 Å². The molecule has 43 heavy (non-hydrogen) atoms. The smallest absolute Gasteiger partial charge is 0.416 e. The van der Waals surface area contributed by atoms with Crippen LogP contribution in [0.25, 0.3) is 0 Å². The van der Waals surface area contributed by atoms with Crippen LogP contribution in [0.5, 0.6) is 11.5 Å². The SMILES string of the molecule is O=C(c1ccc2c(c1)OCO2)N1CC[C@H](OCc2cc(F)cc(C(F)(F)F)c2)[C@H](C(c2ccccc2)c2ccccc2)C1. The van der Waals surface area contributed by atoms with E-state index in [2.05, 4.69) is 0 Å². The molecule has 2 aliphatic heterocycles. The molecule has 4 aromatic rings. The highest BCUT2D eigenvalue weighted by Gasteiger charge is 2.39. The number of fused-ring (bicyclic) bond motifs is 1. The maximum atomic E-state index is 14.1. The first-order valence-corrected chi connectivity index (χ1v) is 14.0. The number of carbonyl (C=O) groups is 1. The Balaban J connectivity index is 1.32. The first kappa shape index (κ1) is 28.7. The van der Waals surface area contributed by atoms with E-state index in [-0.39, 0.29) is 36.7 Å². The lowest BCUT2D eigenvalue weighted by molar-refractivity contribution is -0.137. The highest BCUT2D eigenvalue weighted by molar-refractivity contribution is 5.95. The second kappa shape index (κ2) is 12.1. The minimum atomic E-state index is -4.68. The van der Waals surface area contributed by atoms with E-state index in [1.165, 1.54) is 0 Å². The predicted molar refractivity (Wildman–Crippen MR) is 151 cm³/mol. The number of piperidine rings is 1. The standard InChI is InChI=1S/C34H29F4NO4/c35-27-16-22(15-26(18-27)34(36,37)38)20-41-29-13-14-39(33(40)25-11-12-30-31(17-25)43-21-42-30)19-28(29)32(23-7-3-1-4-8-23)24-9-5-2-6-10-24/h1-12,15-18,28-29,32H,13-14,19-21H2/t28-,29+/m1/s1. The largest absolute Gasteiger partial charge is 0.454 e. The second-order valence-corrected chi connectivity index (χ2v) is 10.8. The third-order valence-electron chi connectivity index (χ3n) is 7.99. The van der Waals surface area contributed by atoms with Gasteiger partial charge in [-0.05, 0) is 59.5 Å². The minimum absolute atomic E-state index is 0.0981. The molecule has 0 aliphatic carbocycles. The molecule has 0 unspecified atom stereocenters. The maximum Gasteiger partial charge on any atom is 0.416 e. The maximum absolute atomic E-state index is 14.1. The van der Waals surface area contributed by atoms with Crippen molar-refractivity contribution in [3.05, 3.63) is 131 Å². The summed E-state index contributed by atoms with van der Waals surface area (Å²) in [6.07, 6.45) is -4.66. The summed E-state index contributed by atoms with van der Waals surface area (Å²) in [4.78, 5) is 15.5. The second-order valence-electron chi connectivity index (χ2n) is 10.8. The third-order valence-corrected chi connectivity index (χ3v) is 7.99. The summed E-state index contributed by atoms with van der Waals surface area (Å²) in [7, 11) is 0. The number of rotatable bonds is 7. The molecule has 6 rings (SSSR count). The number of hydrogen-bond donors (Lipinski definition) is 0. The van der Waals surface area contributed by atoms with Gasteiger partial charge in [-0.3, -0.25) is 4.79 Å². The molecule has 2 atom stereocenters. The van der Waals surface area contributed by atoms with Crippen LogP contribution in [-0.4, -0.2) is 36.8 Å². The van der Waals surface area contributed by atoms with E-state index in [9.17, 15) is 22.4 Å². The van der Waals surface area contributed by atoms with Gasteiger partial charge in [-0.25, -0.2) is 4.39 Å². The number of nitrogens with zero attached hydrogens (tertiary/aromatic N) is 1. The van der Waals surface area contributed by atoms with Crippen LogP contribution in [-0.2, 0) is 17.5 Å². The van der Waals surface area contributed by atoms with Crippen LogP contribution >= 0.6 is 0 Å². The van der Waals surface area contributed by atoms with E-state index < -0.39 is 23.7 Å². The summed E-state index contributed by atoms with van der Waals surface area (Å²) in [6, 6.07) is 27.3. The fraction of sp³-hybridized carbons (Fsp3) is 0.265. The molecule has 1 fully saturated rings. The molecule has 5 nitrogen and oxygen atoms in total. The highest BCUT2D eigenvalue weighted by atomic mass is 19.4. The van der Waals surface area contributed by atoms with Crippen molar-refractivity contribution in [1.82, 2.24) is 4.90 Å². The van der Waals surface area contributed by atoms with E-state index in [1.54, 1.807) is 23.1 Å². The van der Waals surface area contributed by atoms with Crippen LogP contribution in [0.1, 0.15) is 45.0 Å². The lowest BCUT2D eigenvalue weighted by Gasteiger charge is -2.42. The van der Waals surface area contributed by atoms with Crippen molar-refractivity contribution in [3.8, 4) is 11.5 Å². The van der Waals surface area contributed by atoms with Crippen molar-refractivity contribution in [3.63, 3.8) is 0 Å². The van der Waals surface area contributed by atoms with Crippen LogP contribution in [0.2, 0.25) is 0 Å². The van der Waals surface area contributed by atoms with E-state index in [0.29, 0.717) is 42.6 Å². The number of likely N-dealkylation sites (tertiary alicyclic amines) is 1. The monoisotopic (exact) mass is 591 g/mol. The minimum Gasteiger partial charge on any atom is -0.454 e. The van der Waals surface area contributed by atoms with Crippen molar-refractivity contribution < 1.29 is 36.6 Å². The molecule has 0 radical (unpaired) electrons. The summed E-state index contributed by atoms with van der Waals surface area (Å²) < 4.78 is 71.4. The normalized spacial score (nSPS) is 18.2. The molecular weight excluding hydrogens is 562 g/mol. The molecule has 0 N–H and O–H groups in total. The van der Waals surface area contributed by atoms with Gasteiger partial charge < -0.3 is 19.1 Å². The zero-order chi connectivity index (χ0) is 30.0. The molecule has 9 heteroatoms. The average molecular weight is 592 g/mol. The first-order valence-electron chi connectivity index (χ1n) is 14.0. The van der Waals surface area contributed by atoms with Crippen LogP contribution < -0.4 is 9.47 Å². The lowest BCUT2D eigenvalue weighted by atomic mass is 9.75. The Morgan fingerprint density at radius 3 is 2.23 bits per heavy atom. The molecule has 0 aromatic heterocycles. The Hall–Kier alpha value is -4.37. The van der Waals surface area contributed by atoms with Gasteiger partial charge in [-0.15, -0.1) is 0 Å².